The van der Waals surface area contributed by atoms with Crippen molar-refractivity contribution < 1.29 is 18.0 Å². The zero-order valence-electron chi connectivity index (χ0n) is 10.5. The Labute approximate surface area is 105 Å². The van der Waals surface area contributed by atoms with Crippen molar-refractivity contribution in [2.75, 3.05) is 6.54 Å². The molecule has 1 atom stereocenters. The maximum Gasteiger partial charge on any atom is 0.471 e. The highest BCUT2D eigenvalue weighted by atomic mass is 19.4. The van der Waals surface area contributed by atoms with E-state index in [2.05, 4.69) is 14.4 Å². The van der Waals surface area contributed by atoms with E-state index < -0.39 is 12.1 Å². The Bertz CT molecular complexity index is 379. The smallest absolute Gasteiger partial charge is 0.351 e. The zero-order chi connectivity index (χ0) is 13.9. The fourth-order valence-electron chi connectivity index (χ4n) is 1.77. The van der Waals surface area contributed by atoms with E-state index in [9.17, 15) is 18.0 Å². The topological polar surface area (TPSA) is 32.3 Å². The molecule has 0 aromatic carbocycles. The number of halogens is 3. The van der Waals surface area contributed by atoms with Gasteiger partial charge in [-0.15, -0.1) is 0 Å². The number of nitrogens with zero attached hydrogens (tertiary/aromatic N) is 1. The van der Waals surface area contributed by atoms with Crippen molar-refractivity contribution in [3.63, 3.8) is 0 Å². The molecular weight excluding hydrogens is 244 g/mol. The van der Waals surface area contributed by atoms with Gasteiger partial charge < -0.3 is 10.2 Å². The molecule has 1 aliphatic heterocycles. The number of hydrogen-bond donors (Lipinski definition) is 1. The van der Waals surface area contributed by atoms with E-state index in [4.69, 9.17) is 0 Å². The van der Waals surface area contributed by atoms with Gasteiger partial charge in [-0.05, 0) is 13.3 Å². The first-order valence-corrected chi connectivity index (χ1v) is 5.71. The van der Waals surface area contributed by atoms with Crippen LogP contribution in [0.5, 0.6) is 0 Å². The van der Waals surface area contributed by atoms with Crippen molar-refractivity contribution in [1.82, 2.24) is 10.2 Å². The summed E-state index contributed by atoms with van der Waals surface area (Å²) in [7, 11) is 2.07. The third-order valence-electron chi connectivity index (χ3n) is 2.76. The van der Waals surface area contributed by atoms with Crippen molar-refractivity contribution in [2.24, 2.45) is 0 Å². The molecule has 0 aromatic rings. The lowest BCUT2D eigenvalue weighted by molar-refractivity contribution is -0.172. The Morgan fingerprint density at radius 2 is 2.22 bits per heavy atom. The first-order valence-electron chi connectivity index (χ1n) is 5.71. The molecule has 0 saturated carbocycles. The number of nitrogens with one attached hydrogen (secondary N) is 1. The number of allylic oxidation sites excluding steroid dienone is 2. The lowest BCUT2D eigenvalue weighted by Gasteiger charge is -2.32. The summed E-state index contributed by atoms with van der Waals surface area (Å²) in [5, 5.41) is 1.82. The minimum absolute atomic E-state index is 0.160. The zero-order valence-corrected chi connectivity index (χ0v) is 10.5. The molecule has 3 nitrogen and oxygen atoms in total. The molecule has 1 amide bonds. The van der Waals surface area contributed by atoms with Crippen LogP contribution in [0, 0.1) is 0 Å². The number of hydrogen-bond acceptors (Lipinski definition) is 2. The molecule has 0 aromatic heterocycles. The monoisotopic (exact) mass is 260 g/mol. The Balaban J connectivity index is 2.65. The summed E-state index contributed by atoms with van der Waals surface area (Å²) in [6.45, 7) is 5.99. The highest BCUT2D eigenvalue weighted by Crippen LogP contribution is 2.26. The Morgan fingerprint density at radius 3 is 2.78 bits per heavy atom. The molecule has 1 saturated heterocycles. The van der Waals surface area contributed by atoms with Gasteiger partial charge in [-0.2, -0.15) is 13.2 Å². The predicted molar refractivity (Wildman–Crippen MR) is 65.3 cm³/mol. The third kappa shape index (κ3) is 4.12. The van der Waals surface area contributed by atoms with E-state index in [0.29, 0.717) is 12.4 Å². The minimum atomic E-state index is -4.86. The molecule has 0 bridgehead atoms. The van der Waals surface area contributed by atoms with Crippen LogP contribution < -0.4 is 5.32 Å². The molecule has 0 radical (unpaired) electrons. The number of alkyl halides is 3. The van der Waals surface area contributed by atoms with Gasteiger partial charge in [-0.1, -0.05) is 18.8 Å². The fourth-order valence-corrected chi connectivity index (χ4v) is 1.77. The summed E-state index contributed by atoms with van der Waals surface area (Å²) in [4.78, 5) is 12.5. The molecule has 18 heavy (non-hydrogen) atoms. The second-order valence-electron chi connectivity index (χ2n) is 4.63. The van der Waals surface area contributed by atoms with Crippen LogP contribution in [0.3, 0.4) is 0 Å². The minimum Gasteiger partial charge on any atom is -0.351 e. The van der Waals surface area contributed by atoms with Gasteiger partial charge in [-0.3, -0.25) is 4.79 Å². The fraction of sp³-hybridized carbons (Fsp3) is 0.545. The molecule has 1 unspecified atom stereocenters. The summed E-state index contributed by atoms with van der Waals surface area (Å²) < 4.78 is 36.2. The molecule has 1 fully saturated rings. The number of amides is 1. The number of likely N-dealkylation sites (tertiary alicyclic amines) is 1. The van der Waals surface area contributed by atoms with Crippen LogP contribution in [0.25, 0.3) is 0 Å². The normalized spacial score (nSPS) is 22.0. The summed E-state index contributed by atoms with van der Waals surface area (Å²) >= 11 is 0. The van der Waals surface area contributed by atoms with Gasteiger partial charge in [0.05, 0.1) is 0 Å². The number of carbonyl (C=O) groups excluding carboxylic acids is 1. The van der Waals surface area contributed by atoms with Crippen molar-refractivity contribution >= 4 is 13.8 Å². The third-order valence-corrected chi connectivity index (χ3v) is 2.76. The number of piperidine rings is 1. The van der Waals surface area contributed by atoms with Gasteiger partial charge >= 0.3 is 12.1 Å². The van der Waals surface area contributed by atoms with Crippen molar-refractivity contribution in [2.45, 2.75) is 31.8 Å². The van der Waals surface area contributed by atoms with Crippen molar-refractivity contribution in [3.05, 3.63) is 24.2 Å². The van der Waals surface area contributed by atoms with Crippen molar-refractivity contribution in [1.29, 1.82) is 0 Å². The summed E-state index contributed by atoms with van der Waals surface area (Å²) in [5.41, 5.74) is 1.02. The van der Waals surface area contributed by atoms with Gasteiger partial charge in [0.1, 0.15) is 7.85 Å². The molecule has 1 aliphatic rings. The van der Waals surface area contributed by atoms with E-state index in [0.717, 1.165) is 18.5 Å². The van der Waals surface area contributed by atoms with Crippen LogP contribution in [0.15, 0.2) is 24.2 Å². The first kappa shape index (κ1) is 14.7. The highest BCUT2D eigenvalue weighted by molar-refractivity contribution is 6.11. The Morgan fingerprint density at radius 1 is 1.61 bits per heavy atom. The lowest BCUT2D eigenvalue weighted by atomic mass is 9.80. The second kappa shape index (κ2) is 5.50. The van der Waals surface area contributed by atoms with Crippen LogP contribution in [0.2, 0.25) is 5.82 Å². The van der Waals surface area contributed by atoms with E-state index in [1.165, 1.54) is 13.1 Å². The van der Waals surface area contributed by atoms with Gasteiger partial charge in [0, 0.05) is 24.1 Å². The van der Waals surface area contributed by atoms with Crippen LogP contribution in [-0.2, 0) is 4.79 Å². The van der Waals surface area contributed by atoms with Crippen molar-refractivity contribution in [3.8, 4) is 0 Å². The second-order valence-corrected chi connectivity index (χ2v) is 4.63. The van der Waals surface area contributed by atoms with Gasteiger partial charge in [0.25, 0.3) is 0 Å². The Kier molecular flexibility index (Phi) is 4.48. The van der Waals surface area contributed by atoms with Gasteiger partial charge in [0.15, 0.2) is 0 Å². The largest absolute Gasteiger partial charge is 0.471 e. The van der Waals surface area contributed by atoms with E-state index >= 15 is 0 Å². The van der Waals surface area contributed by atoms with Crippen LogP contribution in [0.1, 0.15) is 19.8 Å². The SMILES string of the molecule is BC1CCC(=C)N(/C=C(\C)NC(=O)C(F)(F)F)C1. The van der Waals surface area contributed by atoms with Gasteiger partial charge in [0.2, 0.25) is 0 Å². The molecule has 0 spiro atoms. The molecule has 1 N–H and O–H groups in total. The Hall–Kier alpha value is -1.40. The number of carbonyl (C=O) groups is 1. The molecule has 100 valence electrons. The maximum absolute atomic E-state index is 12.1. The van der Waals surface area contributed by atoms with Crippen LogP contribution in [-0.4, -0.2) is 31.4 Å². The summed E-state index contributed by atoms with van der Waals surface area (Å²) in [5.74, 6) is -1.50. The highest BCUT2D eigenvalue weighted by Gasteiger charge is 2.38. The van der Waals surface area contributed by atoms with E-state index in [1.807, 2.05) is 5.32 Å². The van der Waals surface area contributed by atoms with Crippen LogP contribution >= 0.6 is 0 Å². The first-order chi connectivity index (χ1) is 8.20. The van der Waals surface area contributed by atoms with Crippen LogP contribution in [0.4, 0.5) is 13.2 Å². The lowest BCUT2D eigenvalue weighted by Crippen LogP contribution is -2.36. The predicted octanol–water partition coefficient (Wildman–Crippen LogP) is 1.56. The molecule has 7 heteroatoms. The quantitative estimate of drug-likeness (QED) is 0.764. The molecule has 1 rings (SSSR count). The number of rotatable bonds is 2. The van der Waals surface area contributed by atoms with E-state index in [1.54, 1.807) is 4.90 Å². The summed E-state index contributed by atoms with van der Waals surface area (Å²) in [6, 6.07) is 0. The van der Waals surface area contributed by atoms with E-state index in [-0.39, 0.29) is 5.70 Å². The molecule has 1 heterocycles. The standard InChI is InChI=1S/C11H16BF3N2O/c1-7(16-10(18)11(13,14)15)5-17-6-9(12)4-3-8(17)2/h5,9H,2-4,6,12H2,1H3,(H,16,18)/b7-5+. The average molecular weight is 260 g/mol. The maximum atomic E-state index is 12.1. The molecular formula is C11H16BF3N2O. The average Bonchev–Trinajstić information content (AvgIpc) is 2.22. The molecule has 0 aliphatic carbocycles. The van der Waals surface area contributed by atoms with Gasteiger partial charge in [-0.25, -0.2) is 0 Å². The summed E-state index contributed by atoms with van der Waals surface area (Å²) in [6.07, 6.45) is -1.52.